The van der Waals surface area contributed by atoms with E-state index in [4.69, 9.17) is 4.74 Å². The molecule has 0 N–H and O–H groups in total. The van der Waals surface area contributed by atoms with E-state index in [1.165, 1.54) is 17.8 Å². The Kier molecular flexibility index (Phi) is 7.22. The van der Waals surface area contributed by atoms with E-state index in [1.807, 2.05) is 19.2 Å². The van der Waals surface area contributed by atoms with Crippen molar-refractivity contribution in [3.05, 3.63) is 53.5 Å². The lowest BCUT2D eigenvalue weighted by Crippen LogP contribution is -2.32. The van der Waals surface area contributed by atoms with Gasteiger partial charge in [0.25, 0.3) is 0 Å². The van der Waals surface area contributed by atoms with Gasteiger partial charge in [0.15, 0.2) is 0 Å². The van der Waals surface area contributed by atoms with Gasteiger partial charge in [0.05, 0.1) is 5.41 Å². The van der Waals surface area contributed by atoms with Crippen LogP contribution in [-0.2, 0) is 11.0 Å². The van der Waals surface area contributed by atoms with E-state index in [0.717, 1.165) is 24.8 Å². The predicted octanol–water partition coefficient (Wildman–Crippen LogP) is 4.90. The Morgan fingerprint density at radius 3 is 2.59 bits per heavy atom. The van der Waals surface area contributed by atoms with E-state index in [1.54, 1.807) is 13.8 Å². The SMILES string of the molecule is Cc1ccc([C@@H]2CN(C)C[C@H]2CCC(=O)C(C)(C)COc2ncccc2C(F)(F)F)cn1. The fraction of sp³-hybridized carbons (Fsp3) is 0.542. The number of Topliss-reactive ketones (excluding diaryl/α,β-unsaturated/α-hetero) is 1. The number of likely N-dealkylation sites (tertiary alicyclic amines) is 1. The van der Waals surface area contributed by atoms with Crippen molar-refractivity contribution in [1.29, 1.82) is 0 Å². The van der Waals surface area contributed by atoms with Crippen molar-refractivity contribution in [2.45, 2.75) is 45.7 Å². The zero-order valence-electron chi connectivity index (χ0n) is 18.9. The number of rotatable bonds is 8. The molecule has 0 bridgehead atoms. The second-order valence-electron chi connectivity index (χ2n) is 9.31. The molecule has 1 saturated heterocycles. The number of aryl methyl sites for hydroxylation is 1. The molecule has 0 saturated carbocycles. The van der Waals surface area contributed by atoms with Crippen molar-refractivity contribution in [3.63, 3.8) is 0 Å². The largest absolute Gasteiger partial charge is 0.476 e. The highest BCUT2D eigenvalue weighted by Gasteiger charge is 2.37. The Bertz CT molecular complexity index is 929. The standard InChI is InChI=1S/C24H30F3N3O2/c1-16-7-8-17(12-29-16)19-14-30(4)13-18(19)9-10-21(31)23(2,3)15-32-22-20(24(25,26)27)6-5-11-28-22/h5-8,11-12,18-19H,9-10,13-15H2,1-4H3/t18-,19+/m1/s1. The highest BCUT2D eigenvalue weighted by atomic mass is 19.4. The van der Waals surface area contributed by atoms with Gasteiger partial charge in [0.2, 0.25) is 5.88 Å². The number of carbonyl (C=O) groups excluding carboxylic acids is 1. The highest BCUT2D eigenvalue weighted by molar-refractivity contribution is 5.84. The Morgan fingerprint density at radius 1 is 1.19 bits per heavy atom. The van der Waals surface area contributed by atoms with Crippen LogP contribution in [0.3, 0.4) is 0 Å². The van der Waals surface area contributed by atoms with Gasteiger partial charge in [-0.3, -0.25) is 9.78 Å². The molecule has 32 heavy (non-hydrogen) atoms. The lowest BCUT2D eigenvalue weighted by atomic mass is 9.81. The molecule has 1 fully saturated rings. The van der Waals surface area contributed by atoms with Crippen molar-refractivity contribution in [1.82, 2.24) is 14.9 Å². The second-order valence-corrected chi connectivity index (χ2v) is 9.31. The first-order valence-corrected chi connectivity index (χ1v) is 10.8. The number of carbonyl (C=O) groups is 1. The van der Waals surface area contributed by atoms with Crippen molar-refractivity contribution >= 4 is 5.78 Å². The van der Waals surface area contributed by atoms with Crippen molar-refractivity contribution in [2.24, 2.45) is 11.3 Å². The van der Waals surface area contributed by atoms with Crippen LogP contribution in [0.15, 0.2) is 36.7 Å². The molecule has 0 radical (unpaired) electrons. The van der Waals surface area contributed by atoms with Crippen LogP contribution in [0.1, 0.15) is 49.4 Å². The van der Waals surface area contributed by atoms with Crippen LogP contribution in [-0.4, -0.2) is 47.4 Å². The summed E-state index contributed by atoms with van der Waals surface area (Å²) in [5.41, 5.74) is 0.281. The first-order valence-electron chi connectivity index (χ1n) is 10.8. The molecule has 174 valence electrons. The summed E-state index contributed by atoms with van der Waals surface area (Å²) < 4.78 is 44.8. The van der Waals surface area contributed by atoms with Gasteiger partial charge >= 0.3 is 6.18 Å². The summed E-state index contributed by atoms with van der Waals surface area (Å²) in [6.45, 7) is 7.00. The molecule has 2 aromatic rings. The molecule has 0 spiro atoms. The molecule has 1 aliphatic heterocycles. The minimum absolute atomic E-state index is 0.0303. The van der Waals surface area contributed by atoms with Crippen LogP contribution in [0.4, 0.5) is 13.2 Å². The molecular weight excluding hydrogens is 419 g/mol. The fourth-order valence-electron chi connectivity index (χ4n) is 4.16. The smallest absolute Gasteiger partial charge is 0.421 e. The number of halogens is 3. The lowest BCUT2D eigenvalue weighted by Gasteiger charge is -2.25. The fourth-order valence-corrected chi connectivity index (χ4v) is 4.16. The third-order valence-corrected chi connectivity index (χ3v) is 6.13. The molecule has 2 atom stereocenters. The number of alkyl halides is 3. The van der Waals surface area contributed by atoms with Crippen molar-refractivity contribution in [2.75, 3.05) is 26.7 Å². The van der Waals surface area contributed by atoms with Crippen LogP contribution in [0.2, 0.25) is 0 Å². The Labute approximate surface area is 187 Å². The molecule has 0 aromatic carbocycles. The van der Waals surface area contributed by atoms with E-state index in [0.29, 0.717) is 24.7 Å². The molecular formula is C24H30F3N3O2. The minimum atomic E-state index is -4.56. The summed E-state index contributed by atoms with van der Waals surface area (Å²) in [5, 5.41) is 0. The number of aromatic nitrogens is 2. The van der Waals surface area contributed by atoms with Gasteiger partial charge in [-0.15, -0.1) is 0 Å². The third kappa shape index (κ3) is 5.85. The normalized spacial score (nSPS) is 19.8. The molecule has 3 heterocycles. The van der Waals surface area contributed by atoms with Gasteiger partial charge in [-0.1, -0.05) is 6.07 Å². The maximum absolute atomic E-state index is 13.2. The van der Waals surface area contributed by atoms with E-state index < -0.39 is 23.0 Å². The summed E-state index contributed by atoms with van der Waals surface area (Å²) in [7, 11) is 2.07. The predicted molar refractivity (Wildman–Crippen MR) is 115 cm³/mol. The molecule has 0 aliphatic carbocycles. The summed E-state index contributed by atoms with van der Waals surface area (Å²) in [5.74, 6) is 0.100. The molecule has 3 rings (SSSR count). The summed E-state index contributed by atoms with van der Waals surface area (Å²) in [6, 6.07) is 6.24. The average Bonchev–Trinajstić information content (AvgIpc) is 3.11. The first kappa shape index (κ1) is 24.2. The van der Waals surface area contributed by atoms with Gasteiger partial charge in [-0.05, 0) is 63.9 Å². The molecule has 8 heteroatoms. The summed E-state index contributed by atoms with van der Waals surface area (Å²) in [6.07, 6.45) is -0.347. The van der Waals surface area contributed by atoms with E-state index in [2.05, 4.69) is 28.0 Å². The summed E-state index contributed by atoms with van der Waals surface area (Å²) in [4.78, 5) is 23.3. The lowest BCUT2D eigenvalue weighted by molar-refractivity contribution is -0.139. The molecule has 1 aliphatic rings. The number of hydrogen-bond donors (Lipinski definition) is 0. The minimum Gasteiger partial charge on any atom is -0.476 e. The molecule has 5 nitrogen and oxygen atoms in total. The monoisotopic (exact) mass is 449 g/mol. The highest BCUT2D eigenvalue weighted by Crippen LogP contribution is 2.37. The third-order valence-electron chi connectivity index (χ3n) is 6.13. The van der Waals surface area contributed by atoms with Crippen LogP contribution in [0.25, 0.3) is 0 Å². The number of hydrogen-bond acceptors (Lipinski definition) is 5. The quantitative estimate of drug-likeness (QED) is 0.574. The van der Waals surface area contributed by atoms with Crippen LogP contribution in [0, 0.1) is 18.3 Å². The van der Waals surface area contributed by atoms with E-state index in [9.17, 15) is 18.0 Å². The Morgan fingerprint density at radius 2 is 1.94 bits per heavy atom. The maximum Gasteiger partial charge on any atom is 0.421 e. The topological polar surface area (TPSA) is 55.3 Å². The molecule has 0 unspecified atom stereocenters. The maximum atomic E-state index is 13.2. The second kappa shape index (κ2) is 9.57. The van der Waals surface area contributed by atoms with E-state index in [-0.39, 0.29) is 12.4 Å². The number of ether oxygens (including phenoxy) is 1. The molecule has 2 aromatic heterocycles. The number of likely N-dealkylation sites (N-methyl/N-ethyl adjacent to an activating group) is 1. The van der Waals surface area contributed by atoms with Gasteiger partial charge in [0.1, 0.15) is 18.0 Å². The van der Waals surface area contributed by atoms with Crippen molar-refractivity contribution < 1.29 is 22.7 Å². The summed E-state index contributed by atoms with van der Waals surface area (Å²) >= 11 is 0. The number of nitrogens with zero attached hydrogens (tertiary/aromatic N) is 3. The van der Waals surface area contributed by atoms with Crippen LogP contribution in [0.5, 0.6) is 5.88 Å². The zero-order chi connectivity index (χ0) is 23.5. The molecule has 0 amide bonds. The number of ketones is 1. The van der Waals surface area contributed by atoms with Gasteiger partial charge < -0.3 is 9.64 Å². The number of pyridine rings is 2. The average molecular weight is 450 g/mol. The van der Waals surface area contributed by atoms with Crippen LogP contribution >= 0.6 is 0 Å². The first-order chi connectivity index (χ1) is 15.0. The van der Waals surface area contributed by atoms with Crippen LogP contribution < -0.4 is 4.74 Å². The Hall–Kier alpha value is -2.48. The van der Waals surface area contributed by atoms with Gasteiger partial charge in [0, 0.05) is 43.5 Å². The van der Waals surface area contributed by atoms with Gasteiger partial charge in [-0.2, -0.15) is 13.2 Å². The van der Waals surface area contributed by atoms with Crippen molar-refractivity contribution in [3.8, 4) is 5.88 Å². The van der Waals surface area contributed by atoms with E-state index >= 15 is 0 Å². The zero-order valence-corrected chi connectivity index (χ0v) is 18.9. The van der Waals surface area contributed by atoms with Gasteiger partial charge in [-0.25, -0.2) is 4.98 Å². The Balaban J connectivity index is 1.60.